The van der Waals surface area contributed by atoms with Gasteiger partial charge in [-0.15, -0.1) is 0 Å². The fourth-order valence-corrected chi connectivity index (χ4v) is 12.1. The van der Waals surface area contributed by atoms with Crippen LogP contribution in [0.4, 0.5) is 0 Å². The van der Waals surface area contributed by atoms with Crippen LogP contribution < -0.4 is 0 Å². The van der Waals surface area contributed by atoms with Crippen LogP contribution in [0.2, 0.25) is 0 Å². The molecule has 0 rings (SSSR count). The summed E-state index contributed by atoms with van der Waals surface area (Å²) in [5, 5.41) is 10.6. The van der Waals surface area contributed by atoms with Crippen LogP contribution in [-0.4, -0.2) is 96.7 Å². The molecule has 0 fully saturated rings. The average molecular weight is 1310 g/mol. The van der Waals surface area contributed by atoms with Gasteiger partial charge in [0, 0.05) is 25.7 Å². The summed E-state index contributed by atoms with van der Waals surface area (Å²) >= 11 is 0. The Hall–Kier alpha value is -1.94. The number of ether oxygens (including phenoxy) is 4. The van der Waals surface area contributed by atoms with Crippen molar-refractivity contribution in [3.05, 3.63) is 0 Å². The van der Waals surface area contributed by atoms with Crippen LogP contribution in [0.25, 0.3) is 0 Å². The van der Waals surface area contributed by atoms with Crippen LogP contribution >= 0.6 is 15.6 Å². The summed E-state index contributed by atoms with van der Waals surface area (Å²) in [4.78, 5) is 72.3. The monoisotopic (exact) mass is 1310 g/mol. The third-order valence-corrected chi connectivity index (χ3v) is 18.4. The van der Waals surface area contributed by atoms with Crippen molar-refractivity contribution >= 4 is 39.5 Å². The van der Waals surface area contributed by atoms with Gasteiger partial charge in [-0.3, -0.25) is 37.3 Å². The Labute approximate surface area is 543 Å². The number of esters is 4. The van der Waals surface area contributed by atoms with E-state index < -0.39 is 97.5 Å². The summed E-state index contributed by atoms with van der Waals surface area (Å²) in [5.41, 5.74) is 0. The molecule has 3 N–H and O–H groups in total. The number of unbranched alkanes of at least 4 members (excludes halogenated alkanes) is 35. The lowest BCUT2D eigenvalue weighted by molar-refractivity contribution is -0.161. The lowest BCUT2D eigenvalue weighted by Crippen LogP contribution is -2.30. The van der Waals surface area contributed by atoms with E-state index >= 15 is 0 Å². The highest BCUT2D eigenvalue weighted by molar-refractivity contribution is 7.47. The standard InChI is InChI=1S/C70H136O17P2/c1-8-10-11-34-44-51-67(72)80-57-65(86-70(75)54-47-40-33-27-21-23-29-36-42-49-62(5)6)59-84-88(76,77)82-55-64(71)56-83-89(78,79)85-60-66(58-81-68(73)52-45-38-31-25-20-19-24-30-37-43-50-63(7)9-2)87-69(74)53-46-39-32-26-18-16-14-12-13-15-17-22-28-35-41-48-61(3)4/h61-66,71H,8-60H2,1-7H3,(H,76,77)(H,78,79)/t63?,64-,65+,66+/m0/s1. The summed E-state index contributed by atoms with van der Waals surface area (Å²) in [5.74, 6) is 0.212. The van der Waals surface area contributed by atoms with Crippen LogP contribution in [0, 0.1) is 17.8 Å². The maximum Gasteiger partial charge on any atom is 0.472 e. The van der Waals surface area contributed by atoms with Crippen LogP contribution in [0.15, 0.2) is 0 Å². The summed E-state index contributed by atoms with van der Waals surface area (Å²) in [6.07, 6.45) is 44.8. The largest absolute Gasteiger partial charge is 0.472 e. The topological polar surface area (TPSA) is 237 Å². The number of aliphatic hydroxyl groups is 1. The molecule has 0 aromatic rings. The zero-order valence-corrected chi connectivity index (χ0v) is 59.7. The molecular weight excluding hydrogens is 1170 g/mol. The van der Waals surface area contributed by atoms with Gasteiger partial charge in [0.1, 0.15) is 19.3 Å². The molecule has 0 spiro atoms. The van der Waals surface area contributed by atoms with Crippen molar-refractivity contribution < 1.29 is 80.2 Å². The molecule has 528 valence electrons. The molecule has 0 aliphatic heterocycles. The lowest BCUT2D eigenvalue weighted by Gasteiger charge is -2.21. The van der Waals surface area contributed by atoms with Crippen molar-refractivity contribution in [1.29, 1.82) is 0 Å². The van der Waals surface area contributed by atoms with Gasteiger partial charge in [0.2, 0.25) is 0 Å². The molecular formula is C70H136O17P2. The number of hydrogen-bond donors (Lipinski definition) is 3. The molecule has 19 heteroatoms. The van der Waals surface area contributed by atoms with Crippen LogP contribution in [0.3, 0.4) is 0 Å². The Kier molecular flexibility index (Phi) is 59.6. The van der Waals surface area contributed by atoms with Crippen LogP contribution in [0.5, 0.6) is 0 Å². The molecule has 17 nitrogen and oxygen atoms in total. The average Bonchev–Trinajstić information content (AvgIpc) is 3.67. The van der Waals surface area contributed by atoms with Crippen molar-refractivity contribution in [3.63, 3.8) is 0 Å². The Morgan fingerprint density at radius 2 is 0.573 bits per heavy atom. The lowest BCUT2D eigenvalue weighted by atomic mass is 9.99. The number of phosphoric ester groups is 2. The molecule has 0 aliphatic rings. The number of phosphoric acid groups is 2. The van der Waals surface area contributed by atoms with Crippen LogP contribution in [0.1, 0.15) is 350 Å². The van der Waals surface area contributed by atoms with Gasteiger partial charge in [0.25, 0.3) is 0 Å². The van der Waals surface area contributed by atoms with Gasteiger partial charge in [-0.25, -0.2) is 9.13 Å². The molecule has 0 aliphatic carbocycles. The molecule has 0 aromatic heterocycles. The van der Waals surface area contributed by atoms with E-state index in [9.17, 15) is 43.2 Å². The molecule has 89 heavy (non-hydrogen) atoms. The van der Waals surface area contributed by atoms with Crippen molar-refractivity contribution in [2.75, 3.05) is 39.6 Å². The van der Waals surface area contributed by atoms with Gasteiger partial charge in [-0.1, -0.05) is 299 Å². The third-order valence-electron chi connectivity index (χ3n) is 16.5. The maximum absolute atomic E-state index is 13.0. The van der Waals surface area contributed by atoms with E-state index in [0.717, 1.165) is 114 Å². The van der Waals surface area contributed by atoms with Gasteiger partial charge in [-0.2, -0.15) is 0 Å². The molecule has 3 unspecified atom stereocenters. The van der Waals surface area contributed by atoms with Gasteiger partial charge in [-0.05, 0) is 43.4 Å². The molecule has 0 saturated heterocycles. The minimum atomic E-state index is -4.95. The Balaban J connectivity index is 5.16. The number of aliphatic hydroxyl groups excluding tert-OH is 1. The van der Waals surface area contributed by atoms with E-state index in [1.807, 2.05) is 0 Å². The molecule has 0 radical (unpaired) electrons. The first-order chi connectivity index (χ1) is 42.8. The first kappa shape index (κ1) is 87.1. The summed E-state index contributed by atoms with van der Waals surface area (Å²) in [7, 11) is -9.89. The Morgan fingerprint density at radius 3 is 0.854 bits per heavy atom. The normalized spacial score (nSPS) is 14.5. The fourth-order valence-electron chi connectivity index (χ4n) is 10.5. The van der Waals surface area contributed by atoms with E-state index in [2.05, 4.69) is 48.5 Å². The quantitative estimate of drug-likeness (QED) is 0.0222. The van der Waals surface area contributed by atoms with E-state index in [1.165, 1.54) is 154 Å². The van der Waals surface area contributed by atoms with Gasteiger partial charge in [0.15, 0.2) is 12.2 Å². The first-order valence-corrected chi connectivity index (χ1v) is 39.4. The predicted molar refractivity (Wildman–Crippen MR) is 358 cm³/mol. The number of rotatable bonds is 68. The third kappa shape index (κ3) is 63.2. The molecule has 6 atom stereocenters. The second kappa shape index (κ2) is 61.0. The van der Waals surface area contributed by atoms with E-state index in [1.54, 1.807) is 0 Å². The summed E-state index contributed by atoms with van der Waals surface area (Å²) in [6, 6.07) is 0. The second-order valence-electron chi connectivity index (χ2n) is 26.5. The number of hydrogen-bond acceptors (Lipinski definition) is 15. The minimum Gasteiger partial charge on any atom is -0.462 e. The predicted octanol–water partition coefficient (Wildman–Crippen LogP) is 19.8. The molecule has 0 bridgehead atoms. The SMILES string of the molecule is CCCCCCCC(=O)OC[C@H](COP(=O)(O)OC[C@H](O)COP(=O)(O)OC[C@@H](COC(=O)CCCCCCCCCCCCC(C)CC)OC(=O)CCCCCCCCCCCCCCCCCC(C)C)OC(=O)CCCCCCCCCCCC(C)C. The van der Waals surface area contributed by atoms with Crippen molar-refractivity contribution in [2.24, 2.45) is 17.8 Å². The van der Waals surface area contributed by atoms with Gasteiger partial charge >= 0.3 is 39.5 Å². The highest BCUT2D eigenvalue weighted by atomic mass is 31.2. The van der Waals surface area contributed by atoms with Crippen molar-refractivity contribution in [2.45, 2.75) is 369 Å². The van der Waals surface area contributed by atoms with Crippen molar-refractivity contribution in [1.82, 2.24) is 0 Å². The van der Waals surface area contributed by atoms with E-state index in [-0.39, 0.29) is 25.7 Å². The second-order valence-corrected chi connectivity index (χ2v) is 29.4. The van der Waals surface area contributed by atoms with E-state index in [4.69, 9.17) is 37.0 Å². The van der Waals surface area contributed by atoms with Gasteiger partial charge < -0.3 is 33.8 Å². The smallest absolute Gasteiger partial charge is 0.462 e. The molecule has 0 saturated carbocycles. The van der Waals surface area contributed by atoms with Crippen LogP contribution in [-0.2, 0) is 65.4 Å². The maximum atomic E-state index is 13.0. The summed E-state index contributed by atoms with van der Waals surface area (Å²) < 4.78 is 68.1. The number of carbonyl (C=O) groups excluding carboxylic acids is 4. The van der Waals surface area contributed by atoms with Crippen molar-refractivity contribution in [3.8, 4) is 0 Å². The fraction of sp³-hybridized carbons (Fsp3) is 0.943. The highest BCUT2D eigenvalue weighted by Gasteiger charge is 2.30. The molecule has 0 aromatic carbocycles. The zero-order valence-electron chi connectivity index (χ0n) is 57.9. The Morgan fingerprint density at radius 1 is 0.326 bits per heavy atom. The number of carbonyl (C=O) groups is 4. The highest BCUT2D eigenvalue weighted by Crippen LogP contribution is 2.45. The first-order valence-electron chi connectivity index (χ1n) is 36.4. The minimum absolute atomic E-state index is 0.104. The zero-order chi connectivity index (χ0) is 65.9. The molecule has 0 heterocycles. The summed E-state index contributed by atoms with van der Waals surface area (Å²) in [6.45, 7) is 11.8. The Bertz CT molecular complexity index is 1750. The van der Waals surface area contributed by atoms with E-state index in [0.29, 0.717) is 25.7 Å². The molecule has 0 amide bonds. The van der Waals surface area contributed by atoms with Gasteiger partial charge in [0.05, 0.1) is 26.4 Å².